The van der Waals surface area contributed by atoms with Crippen molar-refractivity contribution in [2.24, 2.45) is 0 Å². The number of hydrogen-bond donors (Lipinski definition) is 0. The lowest BCUT2D eigenvalue weighted by Crippen LogP contribution is -2.16. The molecule has 0 N–H and O–H groups in total. The monoisotopic (exact) mass is 996 g/mol. The molecule has 2 nitrogen and oxygen atoms in total. The molecular weight excluding hydrogens is 941 g/mol. The fourth-order valence-electron chi connectivity index (χ4n) is 12.6. The summed E-state index contributed by atoms with van der Waals surface area (Å²) in [7, 11) is 0. The minimum Gasteiger partial charge on any atom is -0.308 e. The molecule has 0 atom stereocenters. The maximum Gasteiger partial charge on any atom is 0.0619 e. The number of rotatable bonds is 10. The standard InChI is InChI=1S/C76H56N2/c1-49-19-17-20-50(2)73(49)77(75-63(55-27-13-7-14-28-55)41-35-57-31-33-61(47-67(57)75)53-23-9-5-10-24-53)69-45-39-59-38-44-66-70(46-40-60-37-43-65(69)71(59)72(60)66)78(74-51(3)21-18-22-52(74)4)76-64(56-29-15-8-16-30-56)42-36-58-32-34-62(48-68(58)76)54-25-11-6-12-26-54/h5-48H,1-4H3. The predicted octanol–water partition coefficient (Wildman–Crippen LogP) is 21.7. The highest BCUT2D eigenvalue weighted by Gasteiger charge is 2.29. The normalized spacial score (nSPS) is 11.6. The van der Waals surface area contributed by atoms with Gasteiger partial charge >= 0.3 is 0 Å². The van der Waals surface area contributed by atoms with Gasteiger partial charge in [0.2, 0.25) is 0 Å². The molecule has 78 heavy (non-hydrogen) atoms. The minimum atomic E-state index is 1.13. The Morgan fingerprint density at radius 2 is 0.538 bits per heavy atom. The third-order valence-corrected chi connectivity index (χ3v) is 16.2. The highest BCUT2D eigenvalue weighted by atomic mass is 15.2. The summed E-state index contributed by atoms with van der Waals surface area (Å²) in [5.74, 6) is 0. The molecule has 0 amide bonds. The van der Waals surface area contributed by atoms with Crippen LogP contribution in [-0.2, 0) is 0 Å². The van der Waals surface area contributed by atoms with Crippen LogP contribution < -0.4 is 9.80 Å². The van der Waals surface area contributed by atoms with Crippen molar-refractivity contribution >= 4 is 88.0 Å². The molecule has 0 heterocycles. The van der Waals surface area contributed by atoms with Crippen molar-refractivity contribution in [3.05, 3.63) is 289 Å². The van der Waals surface area contributed by atoms with Crippen LogP contribution in [0, 0.1) is 27.7 Å². The number of aryl methyl sites for hydroxylation is 4. The Hall–Kier alpha value is -9.76. The van der Waals surface area contributed by atoms with Gasteiger partial charge in [0.15, 0.2) is 0 Å². The highest BCUT2D eigenvalue weighted by Crippen LogP contribution is 2.54. The minimum absolute atomic E-state index is 1.13. The number of anilines is 6. The van der Waals surface area contributed by atoms with Crippen molar-refractivity contribution in [2.75, 3.05) is 9.80 Å². The molecule has 0 aliphatic heterocycles. The van der Waals surface area contributed by atoms with Gasteiger partial charge in [-0.2, -0.15) is 0 Å². The molecule has 0 spiro atoms. The Morgan fingerprint density at radius 1 is 0.218 bits per heavy atom. The molecule has 0 saturated carbocycles. The molecule has 2 heteroatoms. The Bertz CT molecular complexity index is 4230. The molecule has 0 saturated heterocycles. The topological polar surface area (TPSA) is 6.48 Å². The first kappa shape index (κ1) is 46.7. The van der Waals surface area contributed by atoms with Gasteiger partial charge in [0, 0.05) is 32.7 Å². The third kappa shape index (κ3) is 7.79. The van der Waals surface area contributed by atoms with Crippen LogP contribution in [0.1, 0.15) is 22.3 Å². The maximum absolute atomic E-state index is 2.60. The molecule has 14 aromatic carbocycles. The summed E-state index contributed by atoms with van der Waals surface area (Å²) >= 11 is 0. The van der Waals surface area contributed by atoms with E-state index in [-0.39, 0.29) is 0 Å². The van der Waals surface area contributed by atoms with Gasteiger partial charge in [-0.1, -0.05) is 243 Å². The smallest absolute Gasteiger partial charge is 0.0619 e. The lowest BCUT2D eigenvalue weighted by atomic mass is 9.89. The molecule has 0 bridgehead atoms. The van der Waals surface area contributed by atoms with Crippen molar-refractivity contribution in [3.63, 3.8) is 0 Å². The SMILES string of the molecule is Cc1cccc(C)c1N(c1c(-c2ccccc2)ccc2ccc(-c3ccccc3)cc12)c1ccc2ccc3c(N(c4c(C)cccc4C)c4c(-c5ccccc5)ccc5ccc(-c6ccccc6)cc45)ccc4ccc1c2c43. The molecule has 0 aromatic heterocycles. The molecular formula is C76H56N2. The zero-order valence-electron chi connectivity index (χ0n) is 44.3. The Labute approximate surface area is 456 Å². The quantitative estimate of drug-likeness (QED) is 0.126. The Morgan fingerprint density at radius 3 is 0.910 bits per heavy atom. The number of fused-ring (bicyclic) bond motifs is 2. The van der Waals surface area contributed by atoms with Crippen molar-refractivity contribution in [2.45, 2.75) is 27.7 Å². The van der Waals surface area contributed by atoms with Gasteiger partial charge in [0.25, 0.3) is 0 Å². The second-order valence-electron chi connectivity index (χ2n) is 21.0. The first-order chi connectivity index (χ1) is 38.4. The first-order valence-corrected chi connectivity index (χ1v) is 27.2. The summed E-state index contributed by atoms with van der Waals surface area (Å²) in [6.45, 7) is 9.06. The van der Waals surface area contributed by atoms with E-state index in [1.807, 2.05) is 0 Å². The van der Waals surface area contributed by atoms with Crippen LogP contribution in [-0.4, -0.2) is 0 Å². The van der Waals surface area contributed by atoms with Crippen LogP contribution in [0.3, 0.4) is 0 Å². The summed E-state index contributed by atoms with van der Waals surface area (Å²) in [5, 5.41) is 12.1. The molecule has 0 unspecified atom stereocenters. The average Bonchev–Trinajstić information content (AvgIpc) is 3.54. The van der Waals surface area contributed by atoms with E-state index in [2.05, 4.69) is 304 Å². The maximum atomic E-state index is 2.60. The number of nitrogens with zero attached hydrogens (tertiary/aromatic N) is 2. The molecule has 0 aliphatic rings. The van der Waals surface area contributed by atoms with Gasteiger partial charge in [-0.05, 0) is 140 Å². The van der Waals surface area contributed by atoms with Gasteiger partial charge in [-0.15, -0.1) is 0 Å². The van der Waals surface area contributed by atoms with Crippen LogP contribution in [0.5, 0.6) is 0 Å². The van der Waals surface area contributed by atoms with E-state index in [1.54, 1.807) is 0 Å². The predicted molar refractivity (Wildman–Crippen MR) is 335 cm³/mol. The molecule has 0 aliphatic carbocycles. The van der Waals surface area contributed by atoms with E-state index in [4.69, 9.17) is 0 Å². The van der Waals surface area contributed by atoms with Gasteiger partial charge < -0.3 is 9.80 Å². The summed E-state index contributed by atoms with van der Waals surface area (Å²) in [5.41, 5.74) is 21.2. The average molecular weight is 997 g/mol. The zero-order chi connectivity index (χ0) is 52.4. The summed E-state index contributed by atoms with van der Waals surface area (Å²) in [6.07, 6.45) is 0. The number of para-hydroxylation sites is 2. The Balaban J connectivity index is 1.09. The largest absolute Gasteiger partial charge is 0.308 e. The fraction of sp³-hybridized carbons (Fsp3) is 0.0526. The lowest BCUT2D eigenvalue weighted by Gasteiger charge is -2.34. The lowest BCUT2D eigenvalue weighted by molar-refractivity contribution is 1.23. The summed E-state index contributed by atoms with van der Waals surface area (Å²) in [6, 6.07) is 99.1. The van der Waals surface area contributed by atoms with E-state index in [0.29, 0.717) is 0 Å². The third-order valence-electron chi connectivity index (χ3n) is 16.2. The van der Waals surface area contributed by atoms with E-state index in [1.165, 1.54) is 132 Å². The summed E-state index contributed by atoms with van der Waals surface area (Å²) in [4.78, 5) is 5.21. The zero-order valence-corrected chi connectivity index (χ0v) is 44.3. The fourth-order valence-corrected chi connectivity index (χ4v) is 12.6. The van der Waals surface area contributed by atoms with Crippen LogP contribution in [0.25, 0.3) is 98.4 Å². The van der Waals surface area contributed by atoms with E-state index < -0.39 is 0 Å². The van der Waals surface area contributed by atoms with E-state index in [9.17, 15) is 0 Å². The number of benzene rings is 14. The molecule has 0 fully saturated rings. The van der Waals surface area contributed by atoms with Crippen LogP contribution in [0.4, 0.5) is 34.1 Å². The summed E-state index contributed by atoms with van der Waals surface area (Å²) < 4.78 is 0. The van der Waals surface area contributed by atoms with Crippen LogP contribution >= 0.6 is 0 Å². The van der Waals surface area contributed by atoms with E-state index in [0.717, 1.165) is 22.7 Å². The first-order valence-electron chi connectivity index (χ1n) is 27.2. The highest BCUT2D eigenvalue weighted by molar-refractivity contribution is 6.29. The van der Waals surface area contributed by atoms with Crippen molar-refractivity contribution in [1.29, 1.82) is 0 Å². The van der Waals surface area contributed by atoms with Gasteiger partial charge in [-0.3, -0.25) is 0 Å². The van der Waals surface area contributed by atoms with Gasteiger partial charge in [-0.25, -0.2) is 0 Å². The molecule has 0 radical (unpaired) electrons. The molecule has 14 rings (SSSR count). The van der Waals surface area contributed by atoms with Gasteiger partial charge in [0.1, 0.15) is 0 Å². The van der Waals surface area contributed by atoms with Crippen molar-refractivity contribution in [3.8, 4) is 44.5 Å². The second kappa shape index (κ2) is 19.1. The van der Waals surface area contributed by atoms with Crippen molar-refractivity contribution in [1.82, 2.24) is 0 Å². The van der Waals surface area contributed by atoms with Gasteiger partial charge in [0.05, 0.1) is 34.1 Å². The molecule has 370 valence electrons. The van der Waals surface area contributed by atoms with Crippen LogP contribution in [0.2, 0.25) is 0 Å². The van der Waals surface area contributed by atoms with E-state index >= 15 is 0 Å². The second-order valence-corrected chi connectivity index (χ2v) is 21.0. The molecule has 14 aromatic rings. The number of hydrogen-bond acceptors (Lipinski definition) is 2. The van der Waals surface area contributed by atoms with Crippen LogP contribution in [0.15, 0.2) is 267 Å². The Kier molecular flexibility index (Phi) is 11.5. The van der Waals surface area contributed by atoms with Crippen molar-refractivity contribution < 1.29 is 0 Å².